The van der Waals surface area contributed by atoms with Gasteiger partial charge in [0.2, 0.25) is 0 Å². The molecule has 0 bridgehead atoms. The Morgan fingerprint density at radius 1 is 1.47 bits per heavy atom. The van der Waals surface area contributed by atoms with Crippen molar-refractivity contribution in [3.63, 3.8) is 0 Å². The fourth-order valence-electron chi connectivity index (χ4n) is 1.04. The summed E-state index contributed by atoms with van der Waals surface area (Å²) in [6, 6.07) is 3.09. The highest BCUT2D eigenvalue weighted by Gasteiger charge is 2.13. The van der Waals surface area contributed by atoms with Crippen LogP contribution >= 0.6 is 0 Å². The summed E-state index contributed by atoms with van der Waals surface area (Å²) in [6.45, 7) is -0.505. The Morgan fingerprint density at radius 2 is 2.12 bits per heavy atom. The minimum atomic E-state index is -4.19. The number of esters is 1. The third kappa shape index (κ3) is 4.37. The maximum Gasteiger partial charge on any atom is 0.340 e. The zero-order valence-corrected chi connectivity index (χ0v) is 9.41. The normalized spacial score (nSPS) is 11.2. The van der Waals surface area contributed by atoms with Crippen molar-refractivity contribution in [2.24, 2.45) is 0 Å². The largest absolute Gasteiger partial charge is 0.461 e. The molecule has 1 aromatic carbocycles. The summed E-state index contributed by atoms with van der Waals surface area (Å²) in [7, 11) is -4.19. The molecule has 0 amide bonds. The predicted octanol–water partition coefficient (Wildman–Crippen LogP) is 0.453. The van der Waals surface area contributed by atoms with Crippen LogP contribution in [-0.4, -0.2) is 31.3 Å². The van der Waals surface area contributed by atoms with Crippen LogP contribution in [0.1, 0.15) is 10.4 Å². The minimum Gasteiger partial charge on any atom is -0.461 e. The third-order valence-electron chi connectivity index (χ3n) is 1.81. The lowest BCUT2D eigenvalue weighted by Crippen LogP contribution is -2.15. The monoisotopic (exact) mass is 263 g/mol. The first-order valence-electron chi connectivity index (χ1n) is 4.47. The van der Waals surface area contributed by atoms with E-state index in [4.69, 9.17) is 10.3 Å². The van der Waals surface area contributed by atoms with Gasteiger partial charge in [-0.2, -0.15) is 8.42 Å². The van der Waals surface area contributed by atoms with Crippen LogP contribution in [0.2, 0.25) is 0 Å². The molecule has 1 rings (SSSR count). The number of hydrogen-bond donors (Lipinski definition) is 2. The number of carbonyl (C=O) groups is 1. The number of nitrogens with two attached hydrogens (primary N) is 1. The molecule has 0 saturated heterocycles. The Hall–Kier alpha value is -1.67. The molecule has 94 valence electrons. The van der Waals surface area contributed by atoms with Gasteiger partial charge in [0.25, 0.3) is 10.1 Å². The molecule has 0 heterocycles. The summed E-state index contributed by atoms with van der Waals surface area (Å²) < 4.78 is 46.3. The number of ether oxygens (including phenoxy) is 1. The summed E-state index contributed by atoms with van der Waals surface area (Å²) in [4.78, 5) is 11.4. The van der Waals surface area contributed by atoms with Crippen molar-refractivity contribution in [1.82, 2.24) is 0 Å². The highest BCUT2D eigenvalue weighted by molar-refractivity contribution is 7.85. The van der Waals surface area contributed by atoms with E-state index >= 15 is 0 Å². The second kappa shape index (κ2) is 5.11. The van der Waals surface area contributed by atoms with Gasteiger partial charge in [-0.15, -0.1) is 0 Å². The maximum absolute atomic E-state index is 12.7. The Balaban J connectivity index is 2.65. The zero-order chi connectivity index (χ0) is 13.1. The van der Waals surface area contributed by atoms with E-state index in [0.717, 1.165) is 18.2 Å². The van der Waals surface area contributed by atoms with Crippen LogP contribution in [0.4, 0.5) is 10.1 Å². The lowest BCUT2D eigenvalue weighted by Gasteiger charge is -2.05. The van der Waals surface area contributed by atoms with Crippen LogP contribution in [0, 0.1) is 5.82 Å². The molecule has 0 unspecified atom stereocenters. The number of anilines is 1. The topological polar surface area (TPSA) is 107 Å². The van der Waals surface area contributed by atoms with Crippen molar-refractivity contribution in [2.75, 3.05) is 18.1 Å². The molecule has 17 heavy (non-hydrogen) atoms. The fourth-order valence-corrected chi connectivity index (χ4v) is 1.33. The quantitative estimate of drug-likeness (QED) is 0.464. The molecule has 0 spiro atoms. The summed E-state index contributed by atoms with van der Waals surface area (Å²) in [6.07, 6.45) is 0. The van der Waals surface area contributed by atoms with Gasteiger partial charge < -0.3 is 10.5 Å². The second-order valence-electron chi connectivity index (χ2n) is 3.15. The molecule has 0 saturated carbocycles. The molecule has 0 aliphatic heterocycles. The van der Waals surface area contributed by atoms with Gasteiger partial charge in [-0.1, -0.05) is 0 Å². The lowest BCUT2D eigenvalue weighted by molar-refractivity contribution is 0.0529. The van der Waals surface area contributed by atoms with Gasteiger partial charge >= 0.3 is 5.97 Å². The van der Waals surface area contributed by atoms with Crippen LogP contribution in [0.3, 0.4) is 0 Å². The highest BCUT2D eigenvalue weighted by Crippen LogP contribution is 2.14. The molecule has 0 aromatic heterocycles. The number of nitrogen functional groups attached to an aromatic ring is 1. The standard InChI is InChI=1S/C9H10FNO5S/c10-6-1-2-7(8(11)5-6)9(12)16-3-4-17(13,14)15/h1-2,5H,3-4,11H2,(H,13,14,15). The van der Waals surface area contributed by atoms with Crippen molar-refractivity contribution in [1.29, 1.82) is 0 Å². The predicted molar refractivity (Wildman–Crippen MR) is 57.5 cm³/mol. The molecule has 0 radical (unpaired) electrons. The summed E-state index contributed by atoms with van der Waals surface area (Å²) in [5.74, 6) is -2.19. The van der Waals surface area contributed by atoms with Crippen LogP contribution in [0.5, 0.6) is 0 Å². The van der Waals surface area contributed by atoms with Crippen molar-refractivity contribution < 1.29 is 26.9 Å². The number of rotatable bonds is 4. The number of halogens is 1. The number of hydrogen-bond acceptors (Lipinski definition) is 5. The summed E-state index contributed by atoms with van der Waals surface area (Å²) >= 11 is 0. The van der Waals surface area contributed by atoms with E-state index < -0.39 is 34.3 Å². The smallest absolute Gasteiger partial charge is 0.340 e. The zero-order valence-electron chi connectivity index (χ0n) is 8.59. The molecule has 8 heteroatoms. The summed E-state index contributed by atoms with van der Waals surface area (Å²) in [5, 5.41) is 0. The Labute approximate surface area is 96.9 Å². The molecule has 6 nitrogen and oxygen atoms in total. The summed E-state index contributed by atoms with van der Waals surface area (Å²) in [5.41, 5.74) is 5.19. The molecular formula is C9H10FNO5S. The lowest BCUT2D eigenvalue weighted by atomic mass is 10.2. The fraction of sp³-hybridized carbons (Fsp3) is 0.222. The Bertz CT molecular complexity index is 528. The Morgan fingerprint density at radius 3 is 2.65 bits per heavy atom. The van der Waals surface area contributed by atoms with Crippen molar-refractivity contribution >= 4 is 21.8 Å². The van der Waals surface area contributed by atoms with E-state index in [1.165, 1.54) is 0 Å². The maximum atomic E-state index is 12.7. The van der Waals surface area contributed by atoms with Gasteiger partial charge in [-0.25, -0.2) is 9.18 Å². The number of carbonyl (C=O) groups excluding carboxylic acids is 1. The molecule has 1 aromatic rings. The molecule has 0 atom stereocenters. The van der Waals surface area contributed by atoms with Gasteiger partial charge in [0, 0.05) is 5.69 Å². The van der Waals surface area contributed by atoms with Gasteiger partial charge in [0.15, 0.2) is 0 Å². The van der Waals surface area contributed by atoms with Crippen molar-refractivity contribution in [3.05, 3.63) is 29.6 Å². The van der Waals surface area contributed by atoms with E-state index in [1.807, 2.05) is 0 Å². The van der Waals surface area contributed by atoms with Crippen LogP contribution in [0.25, 0.3) is 0 Å². The van der Waals surface area contributed by atoms with E-state index in [9.17, 15) is 17.6 Å². The second-order valence-corrected chi connectivity index (χ2v) is 4.73. The average molecular weight is 263 g/mol. The van der Waals surface area contributed by atoms with E-state index in [2.05, 4.69) is 4.74 Å². The van der Waals surface area contributed by atoms with Crippen LogP contribution in [-0.2, 0) is 14.9 Å². The molecule has 0 aliphatic carbocycles. The molecular weight excluding hydrogens is 253 g/mol. The highest BCUT2D eigenvalue weighted by atomic mass is 32.2. The van der Waals surface area contributed by atoms with Gasteiger partial charge in [-0.3, -0.25) is 4.55 Å². The van der Waals surface area contributed by atoms with Crippen LogP contribution in [0.15, 0.2) is 18.2 Å². The van der Waals surface area contributed by atoms with E-state index in [-0.39, 0.29) is 11.3 Å². The van der Waals surface area contributed by atoms with Gasteiger partial charge in [0.05, 0.1) is 5.56 Å². The van der Waals surface area contributed by atoms with Crippen LogP contribution < -0.4 is 5.73 Å². The molecule has 3 N–H and O–H groups in total. The molecule has 0 aliphatic rings. The number of benzene rings is 1. The Kier molecular flexibility index (Phi) is 4.02. The van der Waals surface area contributed by atoms with E-state index in [0.29, 0.717) is 0 Å². The van der Waals surface area contributed by atoms with Crippen molar-refractivity contribution in [2.45, 2.75) is 0 Å². The first-order valence-corrected chi connectivity index (χ1v) is 6.08. The third-order valence-corrected chi connectivity index (χ3v) is 2.49. The first kappa shape index (κ1) is 13.4. The van der Waals surface area contributed by atoms with Crippen molar-refractivity contribution in [3.8, 4) is 0 Å². The van der Waals surface area contributed by atoms with Gasteiger partial charge in [0.1, 0.15) is 18.2 Å². The molecule has 0 fully saturated rings. The van der Waals surface area contributed by atoms with E-state index in [1.54, 1.807) is 0 Å². The van der Waals surface area contributed by atoms with Gasteiger partial charge in [-0.05, 0) is 18.2 Å². The average Bonchev–Trinajstić information content (AvgIpc) is 2.15. The minimum absolute atomic E-state index is 0.0678. The SMILES string of the molecule is Nc1cc(F)ccc1C(=O)OCCS(=O)(=O)O. The first-order chi connectivity index (χ1) is 7.79.